The van der Waals surface area contributed by atoms with Gasteiger partial charge in [-0.1, -0.05) is 39.3 Å². The second kappa shape index (κ2) is 22.0. The van der Waals surface area contributed by atoms with Crippen LogP contribution in [0.1, 0.15) is 92.9 Å². The fourth-order valence-electron chi connectivity index (χ4n) is 14.9. The fourth-order valence-corrected chi connectivity index (χ4v) is 14.9. The van der Waals surface area contributed by atoms with Crippen molar-refractivity contribution < 1.29 is 114 Å². The molecule has 0 bridgehead atoms. The molecule has 9 aliphatic rings. The molecule has 0 aromatic rings. The largest absolute Gasteiger partial charge is 0.394 e. The second-order valence-corrected chi connectivity index (χ2v) is 23.9. The van der Waals surface area contributed by atoms with Gasteiger partial charge in [-0.3, -0.25) is 0 Å². The van der Waals surface area contributed by atoms with Gasteiger partial charge >= 0.3 is 0 Å². The van der Waals surface area contributed by atoms with E-state index in [9.17, 15) is 71.5 Å². The first-order valence-electron chi connectivity index (χ1n) is 26.9. The van der Waals surface area contributed by atoms with Gasteiger partial charge in [0.2, 0.25) is 0 Å². The van der Waals surface area contributed by atoms with Crippen LogP contribution in [0.3, 0.4) is 0 Å². The van der Waals surface area contributed by atoms with Crippen molar-refractivity contribution in [1.82, 2.24) is 0 Å². The Balaban J connectivity index is 0.861. The van der Waals surface area contributed by atoms with Crippen LogP contribution < -0.4 is 0 Å². The Kier molecular flexibility index (Phi) is 17.1. The van der Waals surface area contributed by atoms with Gasteiger partial charge in [-0.15, -0.1) is 0 Å². The lowest BCUT2D eigenvalue weighted by molar-refractivity contribution is -0.388. The minimum absolute atomic E-state index is 0.0300. The summed E-state index contributed by atoms with van der Waals surface area (Å²) in [6.07, 6.45) is -24.3. The van der Waals surface area contributed by atoms with Crippen LogP contribution in [-0.2, 0) is 42.6 Å². The van der Waals surface area contributed by atoms with E-state index >= 15 is 0 Å². The Bertz CT molecular complexity index is 1930. The summed E-state index contributed by atoms with van der Waals surface area (Å²) in [4.78, 5) is 0. The number of hydrogen-bond donors (Lipinski definition) is 14. The van der Waals surface area contributed by atoms with Crippen molar-refractivity contribution in [3.63, 3.8) is 0 Å². The molecule has 0 amide bonds. The first-order chi connectivity index (χ1) is 34.9. The van der Waals surface area contributed by atoms with E-state index in [1.165, 1.54) is 13.8 Å². The van der Waals surface area contributed by atoms with Crippen molar-refractivity contribution in [3.05, 3.63) is 11.6 Å². The number of rotatable bonds is 14. The Morgan fingerprint density at radius 2 is 1.22 bits per heavy atom. The summed E-state index contributed by atoms with van der Waals surface area (Å²) in [6.45, 7) is 10.3. The maximum atomic E-state index is 12.2. The molecule has 23 nitrogen and oxygen atoms in total. The van der Waals surface area contributed by atoms with Gasteiger partial charge in [0.1, 0.15) is 85.5 Å². The number of aliphatic hydroxyl groups is 14. The Morgan fingerprint density at radius 1 is 0.635 bits per heavy atom. The monoisotopic (exact) mass is 1060 g/mol. The van der Waals surface area contributed by atoms with Crippen LogP contribution in [0.15, 0.2) is 11.6 Å². The minimum Gasteiger partial charge on any atom is -0.394 e. The van der Waals surface area contributed by atoms with E-state index in [4.69, 9.17) is 42.6 Å². The van der Waals surface area contributed by atoms with Gasteiger partial charge in [0.15, 0.2) is 30.9 Å². The van der Waals surface area contributed by atoms with Gasteiger partial charge in [0, 0.05) is 12.3 Å². The van der Waals surface area contributed by atoms with Crippen LogP contribution in [0, 0.1) is 46.3 Å². The molecule has 0 aromatic heterocycles. The lowest BCUT2D eigenvalue weighted by atomic mass is 9.46. The molecule has 32 atom stereocenters. The number of hydrogen-bond acceptors (Lipinski definition) is 23. The highest BCUT2D eigenvalue weighted by molar-refractivity contribution is 5.29. The first kappa shape index (κ1) is 57.5. The summed E-state index contributed by atoms with van der Waals surface area (Å²) in [5.74, 6) is -1.58. The van der Waals surface area contributed by atoms with Crippen molar-refractivity contribution >= 4 is 0 Å². The summed E-state index contributed by atoms with van der Waals surface area (Å²) in [7, 11) is 0. The van der Waals surface area contributed by atoms with Crippen LogP contribution in [0.25, 0.3) is 0 Å². The molecule has 0 radical (unpaired) electrons. The van der Waals surface area contributed by atoms with E-state index in [0.717, 1.165) is 18.4 Å². The van der Waals surface area contributed by atoms with E-state index < -0.39 is 154 Å². The molecule has 4 aliphatic carbocycles. The molecule has 5 heterocycles. The molecule has 23 heteroatoms. The van der Waals surface area contributed by atoms with Gasteiger partial charge in [0.25, 0.3) is 0 Å². The number of fused-ring (bicyclic) bond motifs is 7. The van der Waals surface area contributed by atoms with Crippen molar-refractivity contribution in [2.75, 3.05) is 19.8 Å². The minimum atomic E-state index is -1.78. The highest BCUT2D eigenvalue weighted by atomic mass is 16.8. The standard InChI is InChI=1S/C51H84O23/c1-19(18-66-45-39(61)38(60)35(57)29(16-52)70-45)7-12-51(65)20(2)32-28(74-51)15-26-31-25(9-11-50(26,32)6)49(5)10-8-24(13-23(49)14-27(31)54)69-48-44(73-47-41(63)37(59)34(56)22(4)68-47)42(64)43(30(17-53)71-48)72-46-40(62)36(58)33(55)21(3)67-46/h14,19-22,24-48,52-65H,7-13,15-18H2,1-6H3/t19-,20+,21+,22+,24+,25+,26+,27-,28+,29-,30-,31-,32+,33+,34+,35-,36-,37-,38+,39-,40-,41-,42+,43-,44-,45-,46+,47+,48-,49+,50+,51-/m1/s1. The van der Waals surface area contributed by atoms with Crippen molar-refractivity contribution in [2.24, 2.45) is 46.3 Å². The first-order valence-corrected chi connectivity index (χ1v) is 26.9. The lowest BCUT2D eigenvalue weighted by Gasteiger charge is -2.59. The summed E-state index contributed by atoms with van der Waals surface area (Å²) in [5.41, 5.74) is 0.456. The molecule has 74 heavy (non-hydrogen) atoms. The van der Waals surface area contributed by atoms with Crippen LogP contribution in [0.4, 0.5) is 0 Å². The molecular weight excluding hydrogens is 981 g/mol. The Hall–Kier alpha value is -1.18. The second-order valence-electron chi connectivity index (χ2n) is 23.9. The predicted octanol–water partition coefficient (Wildman–Crippen LogP) is -3.01. The highest BCUT2D eigenvalue weighted by Crippen LogP contribution is 2.70. The normalized spacial score (nSPS) is 55.9. The summed E-state index contributed by atoms with van der Waals surface area (Å²) in [6, 6.07) is 0. The zero-order valence-electron chi connectivity index (χ0n) is 43.0. The van der Waals surface area contributed by atoms with Crippen molar-refractivity contribution in [1.29, 1.82) is 0 Å². The maximum Gasteiger partial charge on any atom is 0.187 e. The van der Waals surface area contributed by atoms with Gasteiger partial charge in [-0.2, -0.15) is 0 Å². The third kappa shape index (κ3) is 10.1. The van der Waals surface area contributed by atoms with Gasteiger partial charge in [0.05, 0.1) is 50.3 Å². The molecule has 8 fully saturated rings. The fraction of sp³-hybridized carbons (Fsp3) is 0.961. The molecule has 5 saturated heterocycles. The summed E-state index contributed by atoms with van der Waals surface area (Å²) < 4.78 is 54.4. The van der Waals surface area contributed by atoms with E-state index in [0.29, 0.717) is 38.5 Å². The predicted molar refractivity (Wildman–Crippen MR) is 250 cm³/mol. The van der Waals surface area contributed by atoms with E-state index in [1.807, 2.05) is 19.9 Å². The highest BCUT2D eigenvalue weighted by Gasteiger charge is 2.69. The van der Waals surface area contributed by atoms with Gasteiger partial charge < -0.3 is 114 Å². The molecule has 426 valence electrons. The van der Waals surface area contributed by atoms with Crippen LogP contribution >= 0.6 is 0 Å². The molecule has 0 unspecified atom stereocenters. The average molecular weight is 1070 g/mol. The molecular formula is C51H84O23. The molecule has 0 aromatic carbocycles. The zero-order valence-corrected chi connectivity index (χ0v) is 43.0. The third-order valence-electron chi connectivity index (χ3n) is 19.5. The van der Waals surface area contributed by atoms with E-state index in [-0.39, 0.29) is 59.0 Å². The van der Waals surface area contributed by atoms with Crippen LogP contribution in [-0.4, -0.2) is 238 Å². The summed E-state index contributed by atoms with van der Waals surface area (Å²) >= 11 is 0. The smallest absolute Gasteiger partial charge is 0.187 e. The molecule has 5 aliphatic heterocycles. The molecule has 3 saturated carbocycles. The van der Waals surface area contributed by atoms with E-state index in [2.05, 4.69) is 13.8 Å². The quantitative estimate of drug-likeness (QED) is 0.0771. The van der Waals surface area contributed by atoms with E-state index in [1.54, 1.807) is 0 Å². The average Bonchev–Trinajstić information content (AvgIpc) is 3.81. The summed E-state index contributed by atoms with van der Waals surface area (Å²) in [5, 5.41) is 151. The van der Waals surface area contributed by atoms with Gasteiger partial charge in [-0.05, 0) is 99.2 Å². The van der Waals surface area contributed by atoms with Crippen molar-refractivity contribution in [2.45, 2.75) is 240 Å². The Labute approximate surface area is 430 Å². The molecule has 9 rings (SSSR count). The van der Waals surface area contributed by atoms with Crippen molar-refractivity contribution in [3.8, 4) is 0 Å². The third-order valence-corrected chi connectivity index (χ3v) is 19.5. The number of ether oxygens (including phenoxy) is 9. The van der Waals surface area contributed by atoms with Crippen LogP contribution in [0.5, 0.6) is 0 Å². The maximum absolute atomic E-state index is 12.2. The van der Waals surface area contributed by atoms with Gasteiger partial charge in [-0.25, -0.2) is 0 Å². The topological polar surface area (TPSA) is 366 Å². The number of aliphatic hydroxyl groups excluding tert-OH is 13. The molecule has 0 spiro atoms. The SMILES string of the molecule is C[C@H](CC[C@@]1(O)O[C@H]2C[C@H]3[C@@H]4[C@H](O)C=C5C[C@@H](O[C@@H]6O[C@H](CO)[C@@H](O[C@@H]7O[C@@H](C)[C@H](O)[C@@H](O)[C@H]7O)[C@H](O)[C@H]6O[C@@H]6O[C@@H](C)[C@H](O)[C@@H](O)[C@H]6O)CC[C@]5(C)[C@H]4CC[C@]3(C)[C@H]2[C@@H]1C)CO[C@@H]1O[C@H](CO)[C@@H](O)[C@H](O)[C@H]1O. The lowest BCUT2D eigenvalue weighted by Crippen LogP contribution is -2.66. The van der Waals surface area contributed by atoms with Crippen LogP contribution in [0.2, 0.25) is 0 Å². The molecule has 14 N–H and O–H groups in total. The zero-order chi connectivity index (χ0) is 53.7. The Morgan fingerprint density at radius 3 is 1.84 bits per heavy atom.